The Morgan fingerprint density at radius 2 is 2.10 bits per heavy atom. The van der Waals surface area contributed by atoms with Crippen molar-refractivity contribution in [3.8, 4) is 5.75 Å². The summed E-state index contributed by atoms with van der Waals surface area (Å²) in [4.78, 5) is 25.4. The highest BCUT2D eigenvalue weighted by molar-refractivity contribution is 6.08. The Morgan fingerprint density at radius 3 is 2.67 bits per heavy atom. The van der Waals surface area contributed by atoms with Crippen LogP contribution in [0.4, 0.5) is 13.2 Å². The summed E-state index contributed by atoms with van der Waals surface area (Å²) in [5.74, 6) is -1.23. The molecule has 0 unspecified atom stereocenters. The second-order valence-electron chi connectivity index (χ2n) is 4.01. The van der Waals surface area contributed by atoms with Crippen LogP contribution in [-0.2, 0) is 4.74 Å². The van der Waals surface area contributed by atoms with E-state index in [0.717, 1.165) is 12.1 Å². The zero-order chi connectivity index (χ0) is 15.6. The van der Waals surface area contributed by atoms with Gasteiger partial charge in [0.05, 0.1) is 12.2 Å². The number of H-pyrrole nitrogens is 1. The standard InChI is InChI=1S/C13H10F3NO4/c1-2-20-12(19)11-9(6-18)8-5-7(21-13(14,15)16)3-4-10(8)17-11/h3-6,17H,2H2,1H3. The molecule has 0 saturated carbocycles. The lowest BCUT2D eigenvalue weighted by Crippen LogP contribution is -2.16. The number of halogens is 3. The molecule has 0 aliphatic heterocycles. The number of aromatic amines is 1. The molecule has 0 atom stereocenters. The molecule has 1 aromatic heterocycles. The number of fused-ring (bicyclic) bond motifs is 1. The molecule has 2 rings (SSSR count). The Hall–Kier alpha value is -2.51. The molecule has 0 amide bonds. The van der Waals surface area contributed by atoms with Gasteiger partial charge in [0.2, 0.25) is 0 Å². The van der Waals surface area contributed by atoms with Gasteiger partial charge in [-0.3, -0.25) is 4.79 Å². The lowest BCUT2D eigenvalue weighted by Gasteiger charge is -2.08. The van der Waals surface area contributed by atoms with Gasteiger partial charge in [-0.15, -0.1) is 13.2 Å². The molecule has 1 N–H and O–H groups in total. The first kappa shape index (κ1) is 14.9. The summed E-state index contributed by atoms with van der Waals surface area (Å²) in [5.41, 5.74) is 0.150. The fourth-order valence-electron chi connectivity index (χ4n) is 1.88. The third-order valence-electron chi connectivity index (χ3n) is 2.64. The maximum absolute atomic E-state index is 12.2. The van der Waals surface area contributed by atoms with Crippen LogP contribution in [0.1, 0.15) is 27.8 Å². The maximum atomic E-state index is 12.2. The van der Waals surface area contributed by atoms with Gasteiger partial charge in [0.15, 0.2) is 6.29 Å². The zero-order valence-electron chi connectivity index (χ0n) is 10.8. The Bertz CT molecular complexity index is 691. The number of alkyl halides is 3. The van der Waals surface area contributed by atoms with E-state index in [-0.39, 0.29) is 23.3 Å². The number of nitrogens with one attached hydrogen (secondary N) is 1. The summed E-state index contributed by atoms with van der Waals surface area (Å²) in [5, 5.41) is 0.148. The predicted octanol–water partition coefficient (Wildman–Crippen LogP) is 3.06. The Kier molecular flexibility index (Phi) is 3.88. The highest BCUT2D eigenvalue weighted by atomic mass is 19.4. The van der Waals surface area contributed by atoms with E-state index in [9.17, 15) is 22.8 Å². The number of hydrogen-bond donors (Lipinski definition) is 1. The molecule has 0 radical (unpaired) electrons. The van der Waals surface area contributed by atoms with Gasteiger partial charge < -0.3 is 14.5 Å². The Morgan fingerprint density at radius 1 is 1.38 bits per heavy atom. The molecule has 8 heteroatoms. The maximum Gasteiger partial charge on any atom is 0.573 e. The van der Waals surface area contributed by atoms with Crippen LogP contribution < -0.4 is 4.74 Å². The number of aromatic nitrogens is 1. The molecule has 21 heavy (non-hydrogen) atoms. The topological polar surface area (TPSA) is 68.4 Å². The summed E-state index contributed by atoms with van der Waals surface area (Å²) in [6, 6.07) is 3.40. The van der Waals surface area contributed by atoms with Crippen molar-refractivity contribution in [1.29, 1.82) is 0 Å². The van der Waals surface area contributed by atoms with Gasteiger partial charge in [0, 0.05) is 10.9 Å². The van der Waals surface area contributed by atoms with E-state index in [4.69, 9.17) is 4.74 Å². The Balaban J connectivity index is 2.51. The van der Waals surface area contributed by atoms with Crippen LogP contribution in [0.3, 0.4) is 0 Å². The SMILES string of the molecule is CCOC(=O)c1[nH]c2ccc(OC(F)(F)F)cc2c1C=O. The largest absolute Gasteiger partial charge is 0.573 e. The van der Waals surface area contributed by atoms with E-state index in [0.29, 0.717) is 11.8 Å². The lowest BCUT2D eigenvalue weighted by atomic mass is 10.1. The lowest BCUT2D eigenvalue weighted by molar-refractivity contribution is -0.274. The van der Waals surface area contributed by atoms with Gasteiger partial charge in [-0.25, -0.2) is 4.79 Å². The summed E-state index contributed by atoms with van der Waals surface area (Å²) in [6.45, 7) is 1.70. The van der Waals surface area contributed by atoms with E-state index in [2.05, 4.69) is 9.72 Å². The quantitative estimate of drug-likeness (QED) is 0.696. The molecule has 112 valence electrons. The van der Waals surface area contributed by atoms with Gasteiger partial charge in [-0.1, -0.05) is 0 Å². The van der Waals surface area contributed by atoms with E-state index in [1.807, 2.05) is 0 Å². The molecule has 5 nitrogen and oxygen atoms in total. The van der Waals surface area contributed by atoms with Crippen LogP contribution in [-0.4, -0.2) is 30.2 Å². The van der Waals surface area contributed by atoms with Crippen LogP contribution >= 0.6 is 0 Å². The summed E-state index contributed by atoms with van der Waals surface area (Å²) in [6.07, 6.45) is -4.46. The third-order valence-corrected chi connectivity index (χ3v) is 2.64. The highest BCUT2D eigenvalue weighted by Crippen LogP contribution is 2.29. The molecule has 1 heterocycles. The summed E-state index contributed by atoms with van der Waals surface area (Å²) < 4.78 is 45.1. The van der Waals surface area contributed by atoms with Crippen molar-refractivity contribution >= 4 is 23.2 Å². The molecular weight excluding hydrogens is 291 g/mol. The summed E-state index contributed by atoms with van der Waals surface area (Å²) in [7, 11) is 0. The third kappa shape index (κ3) is 3.15. The van der Waals surface area contributed by atoms with Crippen molar-refractivity contribution in [3.05, 3.63) is 29.5 Å². The van der Waals surface area contributed by atoms with Crippen molar-refractivity contribution in [3.63, 3.8) is 0 Å². The highest BCUT2D eigenvalue weighted by Gasteiger charge is 2.31. The molecule has 0 aliphatic rings. The molecular formula is C13H10F3NO4. The molecule has 0 fully saturated rings. The molecule has 0 bridgehead atoms. The normalized spacial score (nSPS) is 11.4. The average molecular weight is 301 g/mol. The summed E-state index contributed by atoms with van der Waals surface area (Å²) >= 11 is 0. The number of carbonyl (C=O) groups is 2. The number of rotatable bonds is 4. The van der Waals surface area contributed by atoms with Crippen LogP contribution in [0.2, 0.25) is 0 Å². The van der Waals surface area contributed by atoms with Crippen molar-refractivity contribution in [2.75, 3.05) is 6.61 Å². The molecule has 2 aromatic rings. The average Bonchev–Trinajstić information content (AvgIpc) is 2.75. The van der Waals surface area contributed by atoms with E-state index in [1.54, 1.807) is 6.92 Å². The number of aldehydes is 1. The van der Waals surface area contributed by atoms with Crippen LogP contribution in [0.5, 0.6) is 5.75 Å². The molecule has 0 spiro atoms. The minimum Gasteiger partial charge on any atom is -0.461 e. The van der Waals surface area contributed by atoms with Crippen molar-refractivity contribution in [2.45, 2.75) is 13.3 Å². The van der Waals surface area contributed by atoms with Gasteiger partial charge >= 0.3 is 12.3 Å². The number of hydrogen-bond acceptors (Lipinski definition) is 4. The van der Waals surface area contributed by atoms with E-state index in [1.165, 1.54) is 6.07 Å². The van der Waals surface area contributed by atoms with Gasteiger partial charge in [0.25, 0.3) is 0 Å². The smallest absolute Gasteiger partial charge is 0.461 e. The molecule has 0 saturated heterocycles. The van der Waals surface area contributed by atoms with Crippen molar-refractivity contribution < 1.29 is 32.2 Å². The molecule has 0 aliphatic carbocycles. The minimum absolute atomic E-state index is 0.0731. The monoisotopic (exact) mass is 301 g/mol. The first-order valence-corrected chi connectivity index (χ1v) is 5.89. The second kappa shape index (κ2) is 5.47. The number of esters is 1. The van der Waals surface area contributed by atoms with Crippen LogP contribution in [0.25, 0.3) is 10.9 Å². The zero-order valence-corrected chi connectivity index (χ0v) is 10.8. The minimum atomic E-state index is -4.84. The number of ether oxygens (including phenoxy) is 2. The Labute approximate surface area is 116 Å². The van der Waals surface area contributed by atoms with Crippen LogP contribution in [0.15, 0.2) is 18.2 Å². The van der Waals surface area contributed by atoms with E-state index < -0.39 is 18.1 Å². The van der Waals surface area contributed by atoms with Crippen molar-refractivity contribution in [1.82, 2.24) is 4.98 Å². The fourth-order valence-corrected chi connectivity index (χ4v) is 1.88. The van der Waals surface area contributed by atoms with Gasteiger partial charge in [0.1, 0.15) is 11.4 Å². The van der Waals surface area contributed by atoms with E-state index >= 15 is 0 Å². The first-order valence-electron chi connectivity index (χ1n) is 5.89. The van der Waals surface area contributed by atoms with Gasteiger partial charge in [-0.05, 0) is 25.1 Å². The van der Waals surface area contributed by atoms with Crippen molar-refractivity contribution in [2.24, 2.45) is 0 Å². The predicted molar refractivity (Wildman–Crippen MR) is 66.3 cm³/mol. The number of benzene rings is 1. The fraction of sp³-hybridized carbons (Fsp3) is 0.231. The second-order valence-corrected chi connectivity index (χ2v) is 4.01. The van der Waals surface area contributed by atoms with Gasteiger partial charge in [-0.2, -0.15) is 0 Å². The molecule has 1 aromatic carbocycles. The number of carbonyl (C=O) groups excluding carboxylic acids is 2. The first-order chi connectivity index (χ1) is 9.85. The van der Waals surface area contributed by atoms with Crippen LogP contribution in [0, 0.1) is 0 Å².